The highest BCUT2D eigenvalue weighted by atomic mass is 32.2. The summed E-state index contributed by atoms with van der Waals surface area (Å²) in [5, 5.41) is 0. The molecule has 2 unspecified atom stereocenters. The molecule has 0 aromatic heterocycles. The quantitative estimate of drug-likeness (QED) is 0.430. The lowest BCUT2D eigenvalue weighted by Gasteiger charge is -2.46. The van der Waals surface area contributed by atoms with E-state index in [1.54, 1.807) is 24.3 Å². The van der Waals surface area contributed by atoms with Crippen LogP contribution in [0.1, 0.15) is 53.6 Å². The van der Waals surface area contributed by atoms with Crippen LogP contribution in [-0.4, -0.2) is 63.4 Å². The number of carbonyl (C=O) groups excluding carboxylic acids is 2. The van der Waals surface area contributed by atoms with Crippen LogP contribution in [-0.2, 0) is 29.1 Å². The normalized spacial score (nSPS) is 21.1. The summed E-state index contributed by atoms with van der Waals surface area (Å²) in [5.74, 6) is -3.14. The number of aryl methyl sites for hydroxylation is 2. The van der Waals surface area contributed by atoms with Gasteiger partial charge in [-0.3, -0.25) is 14.5 Å². The zero-order valence-corrected chi connectivity index (χ0v) is 22.1. The third kappa shape index (κ3) is 4.92. The summed E-state index contributed by atoms with van der Waals surface area (Å²) < 4.78 is 39.6. The van der Waals surface area contributed by atoms with E-state index in [0.29, 0.717) is 5.56 Å². The molecule has 0 bridgehead atoms. The third-order valence-corrected chi connectivity index (χ3v) is 9.13. The molecule has 0 spiro atoms. The van der Waals surface area contributed by atoms with Crippen molar-refractivity contribution in [2.75, 3.05) is 33.9 Å². The molecule has 0 aliphatic carbocycles. The van der Waals surface area contributed by atoms with Crippen LogP contribution >= 0.6 is 0 Å². The minimum Gasteiger partial charge on any atom is -0.468 e. The van der Waals surface area contributed by atoms with Crippen LogP contribution < -0.4 is 0 Å². The maximum Gasteiger partial charge on any atom is 0.322 e. The number of carbonyl (C=O) groups is 2. The number of esters is 2. The van der Waals surface area contributed by atoms with Crippen LogP contribution in [0.2, 0.25) is 0 Å². The van der Waals surface area contributed by atoms with Crippen molar-refractivity contribution in [3.05, 3.63) is 64.7 Å². The summed E-state index contributed by atoms with van der Waals surface area (Å²) in [6.45, 7) is 5.70. The molecule has 4 rings (SSSR count). The third-order valence-electron chi connectivity index (χ3n) is 7.27. The van der Waals surface area contributed by atoms with Gasteiger partial charge in [0.2, 0.25) is 10.0 Å². The zero-order valence-electron chi connectivity index (χ0n) is 21.3. The highest BCUT2D eigenvalue weighted by Gasteiger charge is 2.50. The minimum absolute atomic E-state index is 0.111. The van der Waals surface area contributed by atoms with Crippen molar-refractivity contribution in [1.29, 1.82) is 0 Å². The van der Waals surface area contributed by atoms with Crippen LogP contribution in [0.3, 0.4) is 0 Å². The molecule has 2 aromatic rings. The Morgan fingerprint density at radius 2 is 1.44 bits per heavy atom. The summed E-state index contributed by atoms with van der Waals surface area (Å²) >= 11 is 0. The number of hydrogen-bond donors (Lipinski definition) is 0. The Kier molecular flexibility index (Phi) is 7.82. The lowest BCUT2D eigenvalue weighted by molar-refractivity contribution is -0.161. The molecular weight excluding hydrogens is 480 g/mol. The Morgan fingerprint density at radius 1 is 0.861 bits per heavy atom. The van der Waals surface area contributed by atoms with Crippen molar-refractivity contribution in [2.45, 2.75) is 50.1 Å². The molecule has 2 aromatic carbocycles. The molecule has 36 heavy (non-hydrogen) atoms. The first-order valence-electron chi connectivity index (χ1n) is 12.3. The SMILES string of the molecule is COC(=O)C(C(=O)OC)C1c2ccc(C)cc2C(N2CCCCC2)CN1S(=O)(=O)c1ccc(C)cc1. The Hall–Kier alpha value is -2.75. The summed E-state index contributed by atoms with van der Waals surface area (Å²) in [7, 11) is -1.72. The molecule has 2 aliphatic rings. The molecule has 0 amide bonds. The number of rotatable bonds is 6. The topological polar surface area (TPSA) is 93.2 Å². The molecule has 9 heteroatoms. The molecule has 194 valence electrons. The second kappa shape index (κ2) is 10.7. The van der Waals surface area contributed by atoms with Crippen LogP contribution in [0.25, 0.3) is 0 Å². The van der Waals surface area contributed by atoms with Gasteiger partial charge in [-0.05, 0) is 63.0 Å². The van der Waals surface area contributed by atoms with E-state index >= 15 is 0 Å². The number of ether oxygens (including phenoxy) is 2. The van der Waals surface area contributed by atoms with Crippen molar-refractivity contribution in [2.24, 2.45) is 5.92 Å². The van der Waals surface area contributed by atoms with Gasteiger partial charge >= 0.3 is 11.9 Å². The zero-order chi connectivity index (χ0) is 26.0. The molecule has 1 saturated heterocycles. The summed E-state index contributed by atoms with van der Waals surface area (Å²) in [6, 6.07) is 11.1. The first kappa shape index (κ1) is 26.3. The fraction of sp³-hybridized carbons (Fsp3) is 0.481. The highest BCUT2D eigenvalue weighted by Crippen LogP contribution is 2.45. The second-order valence-electron chi connectivity index (χ2n) is 9.60. The number of fused-ring (bicyclic) bond motifs is 1. The summed E-state index contributed by atoms with van der Waals surface area (Å²) in [4.78, 5) is 28.4. The maximum atomic E-state index is 14.1. The highest BCUT2D eigenvalue weighted by molar-refractivity contribution is 7.89. The van der Waals surface area contributed by atoms with E-state index in [1.165, 1.54) is 18.5 Å². The van der Waals surface area contributed by atoms with Gasteiger partial charge in [0.15, 0.2) is 5.92 Å². The first-order valence-corrected chi connectivity index (χ1v) is 13.7. The monoisotopic (exact) mass is 514 g/mol. The van der Waals surface area contributed by atoms with Crippen molar-refractivity contribution in [3.63, 3.8) is 0 Å². The molecule has 2 aliphatic heterocycles. The second-order valence-corrected chi connectivity index (χ2v) is 11.5. The number of sulfonamides is 1. The number of hydrogen-bond acceptors (Lipinski definition) is 7. The lowest BCUT2D eigenvalue weighted by atomic mass is 9.82. The Morgan fingerprint density at radius 3 is 2.03 bits per heavy atom. The fourth-order valence-electron chi connectivity index (χ4n) is 5.38. The predicted molar refractivity (Wildman–Crippen MR) is 135 cm³/mol. The van der Waals surface area contributed by atoms with Crippen molar-refractivity contribution >= 4 is 22.0 Å². The standard InChI is InChI=1S/C27H34N2O6S/c1-18-8-11-20(12-9-18)36(32,33)29-17-23(28-14-6-5-7-15-28)22-16-19(2)10-13-21(22)25(29)24(26(30)34-3)27(31)35-4/h8-13,16,23-25H,5-7,14-15,17H2,1-4H3. The predicted octanol–water partition coefficient (Wildman–Crippen LogP) is 3.54. The van der Waals surface area contributed by atoms with Gasteiger partial charge < -0.3 is 9.47 Å². The number of piperidine rings is 1. The van der Waals surface area contributed by atoms with E-state index in [-0.39, 0.29) is 17.5 Å². The Labute approximate surface area is 213 Å². The largest absolute Gasteiger partial charge is 0.468 e. The van der Waals surface area contributed by atoms with E-state index < -0.39 is 33.9 Å². The molecule has 2 atom stereocenters. The van der Waals surface area contributed by atoms with Gasteiger partial charge in [0, 0.05) is 12.6 Å². The number of likely N-dealkylation sites (tertiary alicyclic amines) is 1. The average molecular weight is 515 g/mol. The molecule has 1 fully saturated rings. The Balaban J connectivity index is 1.94. The molecule has 0 N–H and O–H groups in total. The van der Waals surface area contributed by atoms with Crippen molar-refractivity contribution in [1.82, 2.24) is 9.21 Å². The van der Waals surface area contributed by atoms with Crippen LogP contribution in [0.15, 0.2) is 47.4 Å². The molecule has 8 nitrogen and oxygen atoms in total. The smallest absolute Gasteiger partial charge is 0.322 e. The first-order chi connectivity index (χ1) is 17.2. The van der Waals surface area contributed by atoms with E-state index in [0.717, 1.165) is 49.0 Å². The molecule has 0 radical (unpaired) electrons. The lowest BCUT2D eigenvalue weighted by Crippen LogP contribution is -2.52. The summed E-state index contributed by atoms with van der Waals surface area (Å²) in [5.41, 5.74) is 3.52. The van der Waals surface area contributed by atoms with Gasteiger partial charge in [-0.25, -0.2) is 8.42 Å². The van der Waals surface area contributed by atoms with Crippen LogP contribution in [0, 0.1) is 19.8 Å². The fourth-order valence-corrected chi connectivity index (χ4v) is 7.00. The maximum absolute atomic E-state index is 14.1. The molecular formula is C27H34N2O6S. The van der Waals surface area contributed by atoms with Gasteiger partial charge in [-0.2, -0.15) is 4.31 Å². The Bertz CT molecular complexity index is 1210. The van der Waals surface area contributed by atoms with Crippen LogP contribution in [0.5, 0.6) is 0 Å². The van der Waals surface area contributed by atoms with Gasteiger partial charge in [0.05, 0.1) is 25.2 Å². The van der Waals surface area contributed by atoms with Gasteiger partial charge in [-0.15, -0.1) is 0 Å². The van der Waals surface area contributed by atoms with Crippen molar-refractivity contribution in [3.8, 4) is 0 Å². The van der Waals surface area contributed by atoms with Crippen LogP contribution in [0.4, 0.5) is 0 Å². The number of methoxy groups -OCH3 is 2. The minimum atomic E-state index is -4.09. The average Bonchev–Trinajstić information content (AvgIpc) is 2.88. The van der Waals surface area contributed by atoms with Gasteiger partial charge in [0.25, 0.3) is 0 Å². The van der Waals surface area contributed by atoms with Crippen molar-refractivity contribution < 1.29 is 27.5 Å². The van der Waals surface area contributed by atoms with E-state index in [9.17, 15) is 18.0 Å². The number of nitrogens with zero attached hydrogens (tertiary/aromatic N) is 2. The molecule has 2 heterocycles. The summed E-state index contributed by atoms with van der Waals surface area (Å²) in [6.07, 6.45) is 3.22. The number of benzene rings is 2. The van der Waals surface area contributed by atoms with E-state index in [1.807, 2.05) is 32.0 Å². The van der Waals surface area contributed by atoms with Gasteiger partial charge in [0.1, 0.15) is 0 Å². The van der Waals surface area contributed by atoms with Gasteiger partial charge in [-0.1, -0.05) is 47.9 Å². The van der Waals surface area contributed by atoms with E-state index in [2.05, 4.69) is 4.90 Å². The van der Waals surface area contributed by atoms with E-state index in [4.69, 9.17) is 9.47 Å². The molecule has 0 saturated carbocycles.